The van der Waals surface area contributed by atoms with E-state index >= 15 is 0 Å². The lowest BCUT2D eigenvalue weighted by Gasteiger charge is -2.36. The van der Waals surface area contributed by atoms with Crippen molar-refractivity contribution in [3.63, 3.8) is 0 Å². The van der Waals surface area contributed by atoms with E-state index in [1.807, 2.05) is 0 Å². The van der Waals surface area contributed by atoms with Crippen LogP contribution in [-0.2, 0) is 0 Å². The first-order valence-corrected chi connectivity index (χ1v) is 5.13. The summed E-state index contributed by atoms with van der Waals surface area (Å²) in [6.07, 6.45) is 2.24. The molecule has 2 aromatic rings. The van der Waals surface area contributed by atoms with Crippen molar-refractivity contribution >= 4 is 11.4 Å². The van der Waals surface area contributed by atoms with Crippen LogP contribution in [0, 0.1) is 6.42 Å². The van der Waals surface area contributed by atoms with E-state index < -0.39 is 0 Å². The van der Waals surface area contributed by atoms with Gasteiger partial charge in [0.15, 0.2) is 0 Å². The summed E-state index contributed by atoms with van der Waals surface area (Å²) in [5, 5.41) is 0. The van der Waals surface area contributed by atoms with Gasteiger partial charge in [-0.05, 0) is 18.4 Å². The molecule has 0 N–H and O–H groups in total. The third-order valence-electron chi connectivity index (χ3n) is 2.91. The van der Waals surface area contributed by atoms with Crippen molar-refractivity contribution in [2.75, 3.05) is 11.9 Å². The van der Waals surface area contributed by atoms with Crippen LogP contribution in [-0.4, -0.2) is 7.05 Å². The fraction of sp³-hybridized carbons (Fsp3) is 0.0714. The Labute approximate surface area is 90.0 Å². The highest BCUT2D eigenvalue weighted by molar-refractivity contribution is 5.77. The summed E-state index contributed by atoms with van der Waals surface area (Å²) >= 11 is 0. The van der Waals surface area contributed by atoms with E-state index in [4.69, 9.17) is 0 Å². The Morgan fingerprint density at radius 3 is 1.80 bits per heavy atom. The van der Waals surface area contributed by atoms with E-state index in [1.165, 1.54) is 22.5 Å². The fourth-order valence-corrected chi connectivity index (χ4v) is 2.13. The van der Waals surface area contributed by atoms with E-state index in [9.17, 15) is 0 Å². The third-order valence-corrected chi connectivity index (χ3v) is 2.91. The van der Waals surface area contributed by atoms with Gasteiger partial charge in [0.05, 0.1) is 0 Å². The summed E-state index contributed by atoms with van der Waals surface area (Å²) in [5.74, 6) is 0. The second-order valence-corrected chi connectivity index (χ2v) is 3.82. The predicted octanol–water partition coefficient (Wildman–Crippen LogP) is 3.37. The van der Waals surface area contributed by atoms with Crippen molar-refractivity contribution in [1.29, 1.82) is 0 Å². The Hall–Kier alpha value is -1.89. The maximum Gasteiger partial charge on any atom is -0.00342 e. The van der Waals surface area contributed by atoms with Crippen LogP contribution in [0.5, 0.6) is 0 Å². The van der Waals surface area contributed by atoms with Gasteiger partial charge in [-0.1, -0.05) is 36.4 Å². The Balaban J connectivity index is 2.20. The summed E-state index contributed by atoms with van der Waals surface area (Å²) in [4.78, 5) is 2.24. The molecule has 0 aromatic heterocycles. The Bertz CT molecular complexity index is 457. The highest BCUT2D eigenvalue weighted by atomic mass is 15.1. The largest absolute Gasteiger partial charge is 0.407 e. The smallest absolute Gasteiger partial charge is 0.00342 e. The molecule has 0 unspecified atom stereocenters. The summed E-state index contributed by atoms with van der Waals surface area (Å²) < 4.78 is 0. The van der Waals surface area contributed by atoms with Crippen molar-refractivity contribution in [2.24, 2.45) is 0 Å². The van der Waals surface area contributed by atoms with Crippen molar-refractivity contribution < 1.29 is 0 Å². The highest BCUT2D eigenvalue weighted by Gasteiger charge is 2.10. The second-order valence-electron chi connectivity index (χ2n) is 3.82. The number of fused-ring (bicyclic) bond motifs is 2. The van der Waals surface area contributed by atoms with Crippen LogP contribution in [0.4, 0.5) is 11.4 Å². The van der Waals surface area contributed by atoms with Crippen molar-refractivity contribution in [1.82, 2.24) is 0 Å². The van der Waals surface area contributed by atoms with Crippen LogP contribution in [0.15, 0.2) is 48.5 Å². The van der Waals surface area contributed by atoms with E-state index in [0.29, 0.717) is 0 Å². The summed E-state index contributed by atoms with van der Waals surface area (Å²) in [5.41, 5.74) is 5.13. The first-order chi connectivity index (χ1) is 7.36. The molecule has 0 atom stereocenters. The average molecular weight is 194 g/mol. The lowest BCUT2D eigenvalue weighted by atomic mass is 9.96. The minimum atomic E-state index is 1.27. The molecule has 1 nitrogen and oxygen atoms in total. The molecule has 0 saturated heterocycles. The van der Waals surface area contributed by atoms with Crippen LogP contribution in [0.2, 0.25) is 0 Å². The molecule has 0 fully saturated rings. The van der Waals surface area contributed by atoms with Gasteiger partial charge in [-0.3, -0.25) is 0 Å². The lowest BCUT2D eigenvalue weighted by Crippen LogP contribution is -2.17. The summed E-state index contributed by atoms with van der Waals surface area (Å²) in [6.45, 7) is 0. The van der Waals surface area contributed by atoms with Gasteiger partial charge in [0.25, 0.3) is 0 Å². The maximum absolute atomic E-state index is 2.24. The molecule has 0 aliphatic carbocycles. The van der Waals surface area contributed by atoms with Gasteiger partial charge in [-0.2, -0.15) is 0 Å². The molecular weight excluding hydrogens is 182 g/mol. The van der Waals surface area contributed by atoms with Crippen LogP contribution in [0.3, 0.4) is 0 Å². The van der Waals surface area contributed by atoms with Crippen molar-refractivity contribution in [2.45, 2.75) is 0 Å². The molecule has 1 heterocycles. The molecule has 0 spiro atoms. The maximum atomic E-state index is 2.24. The molecular formula is C14H12N-. The lowest BCUT2D eigenvalue weighted by molar-refractivity contribution is 1.14. The number of para-hydroxylation sites is 2. The van der Waals surface area contributed by atoms with Crippen LogP contribution >= 0.6 is 0 Å². The Morgan fingerprint density at radius 1 is 0.800 bits per heavy atom. The minimum Gasteiger partial charge on any atom is -0.407 e. The van der Waals surface area contributed by atoms with E-state index in [1.54, 1.807) is 0 Å². The third kappa shape index (κ3) is 1.20. The molecule has 2 aromatic carbocycles. The standard InChI is InChI=1S/C14H12N/c1-15-13-8-4-2-6-11(13)10-12-7-3-5-9-14(12)15/h2-10H,1H3/q-1. The molecule has 1 aliphatic rings. The normalized spacial score (nSPS) is 12.7. The molecule has 1 aliphatic heterocycles. The molecule has 1 heteroatoms. The van der Waals surface area contributed by atoms with Crippen LogP contribution in [0.1, 0.15) is 11.1 Å². The minimum absolute atomic E-state index is 1.27. The van der Waals surface area contributed by atoms with Crippen molar-refractivity contribution in [3.8, 4) is 0 Å². The monoisotopic (exact) mass is 194 g/mol. The van der Waals surface area contributed by atoms with E-state index in [-0.39, 0.29) is 0 Å². The Morgan fingerprint density at radius 2 is 1.27 bits per heavy atom. The molecule has 3 rings (SSSR count). The molecule has 0 amide bonds. The zero-order chi connectivity index (χ0) is 10.3. The molecule has 15 heavy (non-hydrogen) atoms. The predicted molar refractivity (Wildman–Crippen MR) is 63.5 cm³/mol. The highest BCUT2D eigenvalue weighted by Crippen LogP contribution is 2.37. The quantitative estimate of drug-likeness (QED) is 0.581. The zero-order valence-electron chi connectivity index (χ0n) is 8.64. The molecule has 0 radical (unpaired) electrons. The van der Waals surface area contributed by atoms with Gasteiger partial charge < -0.3 is 4.90 Å². The van der Waals surface area contributed by atoms with E-state index in [0.717, 1.165) is 0 Å². The zero-order valence-corrected chi connectivity index (χ0v) is 8.64. The molecule has 74 valence electrons. The van der Waals surface area contributed by atoms with Gasteiger partial charge in [-0.25, -0.2) is 0 Å². The summed E-state index contributed by atoms with van der Waals surface area (Å²) in [6, 6.07) is 16.9. The molecule has 0 saturated carbocycles. The first kappa shape index (κ1) is 8.42. The number of benzene rings is 2. The fourth-order valence-electron chi connectivity index (χ4n) is 2.13. The number of hydrogen-bond acceptors (Lipinski definition) is 1. The van der Waals surface area contributed by atoms with Crippen LogP contribution in [0.25, 0.3) is 0 Å². The topological polar surface area (TPSA) is 3.24 Å². The van der Waals surface area contributed by atoms with Gasteiger partial charge in [0.1, 0.15) is 0 Å². The van der Waals surface area contributed by atoms with Gasteiger partial charge in [-0.15, -0.1) is 29.7 Å². The first-order valence-electron chi connectivity index (χ1n) is 5.13. The average Bonchev–Trinajstić information content (AvgIpc) is 2.30. The number of anilines is 2. The van der Waals surface area contributed by atoms with Gasteiger partial charge >= 0.3 is 0 Å². The SMILES string of the molecule is CN1c2ccccc2[CH-]c2ccccc21. The van der Waals surface area contributed by atoms with E-state index in [2.05, 4.69) is 66.9 Å². The van der Waals surface area contributed by atoms with Crippen LogP contribution < -0.4 is 4.90 Å². The van der Waals surface area contributed by atoms with Crippen molar-refractivity contribution in [3.05, 3.63) is 66.1 Å². The number of nitrogens with zero attached hydrogens (tertiary/aromatic N) is 1. The van der Waals surface area contributed by atoms with Gasteiger partial charge in [0, 0.05) is 0 Å². The second kappa shape index (κ2) is 3.06. The Kier molecular flexibility index (Phi) is 1.72. The number of hydrogen-bond donors (Lipinski definition) is 0. The molecule has 0 bridgehead atoms. The number of rotatable bonds is 0. The van der Waals surface area contributed by atoms with Gasteiger partial charge in [0.2, 0.25) is 0 Å². The summed E-state index contributed by atoms with van der Waals surface area (Å²) in [7, 11) is 2.12.